The fourth-order valence-corrected chi connectivity index (χ4v) is 2.77. The average molecular weight is 315 g/mol. The molecule has 1 saturated heterocycles. The Morgan fingerprint density at radius 2 is 2.00 bits per heavy atom. The summed E-state index contributed by atoms with van der Waals surface area (Å²) in [7, 11) is 0. The SMILES string of the molecule is C=CC(=O)Nc1ccc(C(=O)N2CCCC(CC(N)=O)C2)cc1. The lowest BCUT2D eigenvalue weighted by Gasteiger charge is -2.32. The number of hydrogen-bond donors (Lipinski definition) is 2. The summed E-state index contributed by atoms with van der Waals surface area (Å²) in [4.78, 5) is 36.6. The molecule has 1 fully saturated rings. The maximum atomic E-state index is 12.5. The number of benzene rings is 1. The van der Waals surface area contributed by atoms with Gasteiger partial charge in [-0.05, 0) is 49.1 Å². The molecule has 1 aliphatic rings. The van der Waals surface area contributed by atoms with Gasteiger partial charge in [-0.3, -0.25) is 14.4 Å². The summed E-state index contributed by atoms with van der Waals surface area (Å²) in [6.07, 6.45) is 3.29. The van der Waals surface area contributed by atoms with Crippen molar-refractivity contribution in [3.63, 3.8) is 0 Å². The normalized spacial score (nSPS) is 17.4. The highest BCUT2D eigenvalue weighted by atomic mass is 16.2. The number of anilines is 1. The molecule has 2 rings (SSSR count). The number of rotatable bonds is 5. The number of nitrogens with zero attached hydrogens (tertiary/aromatic N) is 1. The van der Waals surface area contributed by atoms with Crippen LogP contribution in [0.25, 0.3) is 0 Å². The third-order valence-electron chi connectivity index (χ3n) is 3.88. The van der Waals surface area contributed by atoms with Gasteiger partial charge in [0.25, 0.3) is 5.91 Å². The molecular formula is C17H21N3O3. The highest BCUT2D eigenvalue weighted by molar-refractivity contribution is 5.99. The van der Waals surface area contributed by atoms with Crippen LogP contribution < -0.4 is 11.1 Å². The minimum Gasteiger partial charge on any atom is -0.370 e. The van der Waals surface area contributed by atoms with E-state index in [2.05, 4.69) is 11.9 Å². The fourth-order valence-electron chi connectivity index (χ4n) is 2.77. The second-order valence-electron chi connectivity index (χ2n) is 5.70. The Morgan fingerprint density at radius 3 is 2.61 bits per heavy atom. The molecule has 1 unspecified atom stereocenters. The predicted molar refractivity (Wildman–Crippen MR) is 87.7 cm³/mol. The van der Waals surface area contributed by atoms with E-state index < -0.39 is 0 Å². The highest BCUT2D eigenvalue weighted by Crippen LogP contribution is 2.21. The third kappa shape index (κ3) is 4.67. The van der Waals surface area contributed by atoms with Crippen molar-refractivity contribution in [3.05, 3.63) is 42.5 Å². The first-order valence-electron chi connectivity index (χ1n) is 7.60. The Labute approximate surface area is 135 Å². The first-order valence-corrected chi connectivity index (χ1v) is 7.60. The van der Waals surface area contributed by atoms with Crippen molar-refractivity contribution >= 4 is 23.4 Å². The maximum Gasteiger partial charge on any atom is 0.253 e. The van der Waals surface area contributed by atoms with E-state index in [1.54, 1.807) is 29.2 Å². The zero-order valence-corrected chi connectivity index (χ0v) is 13.0. The van der Waals surface area contributed by atoms with Crippen molar-refractivity contribution in [1.29, 1.82) is 0 Å². The van der Waals surface area contributed by atoms with Gasteiger partial charge in [0.05, 0.1) is 0 Å². The van der Waals surface area contributed by atoms with Crippen molar-refractivity contribution in [3.8, 4) is 0 Å². The second-order valence-corrected chi connectivity index (χ2v) is 5.70. The van der Waals surface area contributed by atoms with Crippen LogP contribution in [0.1, 0.15) is 29.6 Å². The quantitative estimate of drug-likeness (QED) is 0.807. The first kappa shape index (κ1) is 16.7. The average Bonchev–Trinajstić information content (AvgIpc) is 2.54. The number of piperidine rings is 1. The monoisotopic (exact) mass is 315 g/mol. The van der Waals surface area contributed by atoms with Gasteiger partial charge >= 0.3 is 0 Å². The molecule has 1 aliphatic heterocycles. The van der Waals surface area contributed by atoms with Gasteiger partial charge in [0.2, 0.25) is 11.8 Å². The Kier molecular flexibility index (Phi) is 5.51. The van der Waals surface area contributed by atoms with Gasteiger partial charge in [-0.1, -0.05) is 6.58 Å². The van der Waals surface area contributed by atoms with Crippen molar-refractivity contribution in [2.75, 3.05) is 18.4 Å². The summed E-state index contributed by atoms with van der Waals surface area (Å²) < 4.78 is 0. The number of nitrogens with one attached hydrogen (secondary N) is 1. The van der Waals surface area contributed by atoms with Gasteiger partial charge in [0.15, 0.2) is 0 Å². The molecule has 1 aromatic carbocycles. The minimum atomic E-state index is -0.327. The molecule has 0 radical (unpaired) electrons. The van der Waals surface area contributed by atoms with E-state index >= 15 is 0 Å². The Morgan fingerprint density at radius 1 is 1.30 bits per heavy atom. The van der Waals surface area contributed by atoms with E-state index in [9.17, 15) is 14.4 Å². The molecule has 0 aliphatic carbocycles. The van der Waals surface area contributed by atoms with Crippen LogP contribution in [0, 0.1) is 5.92 Å². The maximum absolute atomic E-state index is 12.5. The molecule has 6 nitrogen and oxygen atoms in total. The number of carbonyl (C=O) groups excluding carboxylic acids is 3. The first-order chi connectivity index (χ1) is 11.0. The Hall–Kier alpha value is -2.63. The summed E-state index contributed by atoms with van der Waals surface area (Å²) >= 11 is 0. The lowest BCUT2D eigenvalue weighted by atomic mass is 9.94. The van der Waals surface area contributed by atoms with E-state index in [4.69, 9.17) is 5.73 Å². The molecular weight excluding hydrogens is 294 g/mol. The van der Waals surface area contributed by atoms with Gasteiger partial charge in [-0.2, -0.15) is 0 Å². The third-order valence-corrected chi connectivity index (χ3v) is 3.88. The smallest absolute Gasteiger partial charge is 0.253 e. The molecule has 0 aromatic heterocycles. The zero-order chi connectivity index (χ0) is 16.8. The number of carbonyl (C=O) groups is 3. The number of hydrogen-bond acceptors (Lipinski definition) is 3. The molecule has 3 amide bonds. The molecule has 122 valence electrons. The number of amides is 3. The fraction of sp³-hybridized carbons (Fsp3) is 0.353. The van der Waals surface area contributed by atoms with Crippen LogP contribution in [0.3, 0.4) is 0 Å². The van der Waals surface area contributed by atoms with Crippen molar-refractivity contribution in [2.24, 2.45) is 11.7 Å². The molecule has 1 aromatic rings. The largest absolute Gasteiger partial charge is 0.370 e. The van der Waals surface area contributed by atoms with Crippen LogP contribution in [-0.4, -0.2) is 35.7 Å². The van der Waals surface area contributed by atoms with Crippen LogP contribution in [0.4, 0.5) is 5.69 Å². The van der Waals surface area contributed by atoms with Crippen LogP contribution in [0.5, 0.6) is 0 Å². The Bertz CT molecular complexity index is 610. The molecule has 1 atom stereocenters. The van der Waals surface area contributed by atoms with Crippen LogP contribution in [0.2, 0.25) is 0 Å². The summed E-state index contributed by atoms with van der Waals surface area (Å²) in [5.41, 5.74) is 6.40. The lowest BCUT2D eigenvalue weighted by Crippen LogP contribution is -2.41. The van der Waals surface area contributed by atoms with Crippen molar-refractivity contribution in [2.45, 2.75) is 19.3 Å². The van der Waals surface area contributed by atoms with E-state index in [1.165, 1.54) is 6.08 Å². The van der Waals surface area contributed by atoms with Crippen LogP contribution in [0.15, 0.2) is 36.9 Å². The van der Waals surface area contributed by atoms with Crippen molar-refractivity contribution < 1.29 is 14.4 Å². The van der Waals surface area contributed by atoms with Gasteiger partial charge in [-0.25, -0.2) is 0 Å². The Balaban J connectivity index is 2.00. The van der Waals surface area contributed by atoms with E-state index in [-0.39, 0.29) is 23.6 Å². The van der Waals surface area contributed by atoms with E-state index in [0.717, 1.165) is 12.8 Å². The van der Waals surface area contributed by atoms with Crippen LogP contribution in [-0.2, 0) is 9.59 Å². The lowest BCUT2D eigenvalue weighted by molar-refractivity contribution is -0.119. The molecule has 1 heterocycles. The standard InChI is InChI=1S/C17H21N3O3/c1-2-16(22)19-14-7-5-13(6-8-14)17(23)20-9-3-4-12(11-20)10-15(18)21/h2,5-8,12H,1,3-4,9-11H2,(H2,18,21)(H,19,22). The molecule has 0 bridgehead atoms. The zero-order valence-electron chi connectivity index (χ0n) is 13.0. The van der Waals surface area contributed by atoms with E-state index in [1.807, 2.05) is 0 Å². The van der Waals surface area contributed by atoms with Gasteiger partial charge in [-0.15, -0.1) is 0 Å². The van der Waals surface area contributed by atoms with Gasteiger partial charge in [0, 0.05) is 30.8 Å². The van der Waals surface area contributed by atoms with Crippen LogP contribution >= 0.6 is 0 Å². The molecule has 3 N–H and O–H groups in total. The topological polar surface area (TPSA) is 92.5 Å². The predicted octanol–water partition coefficient (Wildman–Crippen LogP) is 1.54. The second kappa shape index (κ2) is 7.58. The van der Waals surface area contributed by atoms with Gasteiger partial charge < -0.3 is 16.0 Å². The summed E-state index contributed by atoms with van der Waals surface area (Å²) in [5.74, 6) is -0.557. The summed E-state index contributed by atoms with van der Waals surface area (Å²) in [5, 5.41) is 2.63. The van der Waals surface area contributed by atoms with E-state index in [0.29, 0.717) is 30.8 Å². The molecule has 0 saturated carbocycles. The summed E-state index contributed by atoms with van der Waals surface area (Å²) in [6, 6.07) is 6.72. The number of primary amides is 1. The van der Waals surface area contributed by atoms with Gasteiger partial charge in [0.1, 0.15) is 0 Å². The number of nitrogens with two attached hydrogens (primary N) is 1. The highest BCUT2D eigenvalue weighted by Gasteiger charge is 2.25. The minimum absolute atomic E-state index is 0.0687. The molecule has 23 heavy (non-hydrogen) atoms. The number of likely N-dealkylation sites (tertiary alicyclic amines) is 1. The molecule has 0 spiro atoms. The molecule has 6 heteroatoms. The van der Waals surface area contributed by atoms with Crippen molar-refractivity contribution in [1.82, 2.24) is 4.90 Å². The summed E-state index contributed by atoms with van der Waals surface area (Å²) in [6.45, 7) is 4.62.